The molecule has 7 heavy (non-hydrogen) atoms. The van der Waals surface area contributed by atoms with Crippen LogP contribution in [0.25, 0.3) is 0 Å². The molecule has 0 rings (SSSR count). The second-order valence-corrected chi connectivity index (χ2v) is 1.28. The van der Waals surface area contributed by atoms with Crippen LogP contribution in [0.4, 0.5) is 0 Å². The molecule has 0 heterocycles. The smallest absolute Gasteiger partial charge is 0.236 e. The van der Waals surface area contributed by atoms with Crippen LogP contribution in [0.3, 0.4) is 0 Å². The molecule has 0 aliphatic heterocycles. The van der Waals surface area contributed by atoms with E-state index in [1.54, 1.807) is 5.32 Å². The lowest BCUT2D eigenvalue weighted by molar-refractivity contribution is -0.121. The molecule has 0 radical (unpaired) electrons. The van der Waals surface area contributed by atoms with Gasteiger partial charge in [0.05, 0.1) is 6.04 Å². The second-order valence-electron chi connectivity index (χ2n) is 1.28. The number of rotatable bonds is 1. The maximum absolute atomic E-state index is 10.6. The van der Waals surface area contributed by atoms with Gasteiger partial charge in [-0.1, -0.05) is 0 Å². The topological polar surface area (TPSA) is 55.1 Å². The predicted molar refractivity (Wildman–Crippen MR) is 27.7 cm³/mol. The fourth-order valence-corrected chi connectivity index (χ4v) is 0.114. The number of hydrogen-bond donors (Lipinski definition) is 2. The lowest BCUT2D eigenvalue weighted by Crippen LogP contribution is -2.35. The molecule has 3 nitrogen and oxygen atoms in total. The summed E-state index contributed by atoms with van der Waals surface area (Å²) < 4.78 is 19.8. The molecule has 0 aromatic carbocycles. The van der Waals surface area contributed by atoms with Crippen molar-refractivity contribution >= 4 is 5.91 Å². The van der Waals surface area contributed by atoms with Gasteiger partial charge in [-0.3, -0.25) is 4.79 Å². The Morgan fingerprint density at radius 2 is 2.71 bits per heavy atom. The average molecular weight is 105 g/mol. The van der Waals surface area contributed by atoms with Crippen LogP contribution in [-0.4, -0.2) is 18.9 Å². The van der Waals surface area contributed by atoms with Crippen molar-refractivity contribution in [1.82, 2.24) is 5.32 Å². The van der Waals surface area contributed by atoms with E-state index in [0.717, 1.165) is 0 Å². The van der Waals surface area contributed by atoms with Gasteiger partial charge in [0.25, 0.3) is 0 Å². The van der Waals surface area contributed by atoms with Crippen LogP contribution in [0, 0.1) is 0 Å². The third-order valence-corrected chi connectivity index (χ3v) is 0.537. The molecular formula is C4H10N2O. The quantitative estimate of drug-likeness (QED) is 0.453. The highest BCUT2D eigenvalue weighted by atomic mass is 16.2. The molecule has 0 saturated heterocycles. The summed E-state index contributed by atoms with van der Waals surface area (Å²) in [4.78, 5) is 10.6. The lowest BCUT2D eigenvalue weighted by atomic mass is 10.3. The van der Waals surface area contributed by atoms with Gasteiger partial charge in [-0.15, -0.1) is 0 Å². The summed E-state index contributed by atoms with van der Waals surface area (Å²) in [7, 11) is 0. The van der Waals surface area contributed by atoms with Crippen molar-refractivity contribution in [3.8, 4) is 0 Å². The van der Waals surface area contributed by atoms with Gasteiger partial charge in [0.15, 0.2) is 0 Å². The van der Waals surface area contributed by atoms with Crippen molar-refractivity contribution in [3.63, 3.8) is 0 Å². The Balaban J connectivity index is 3.81. The van der Waals surface area contributed by atoms with E-state index in [1.807, 2.05) is 0 Å². The Morgan fingerprint density at radius 1 is 2.14 bits per heavy atom. The van der Waals surface area contributed by atoms with Gasteiger partial charge in [-0.05, 0) is 6.92 Å². The maximum atomic E-state index is 10.6. The standard InChI is InChI=1S/C4H10N2O/c1-3(5)4(7)6-2/h3H,5H2,1-2H3,(H,6,7)/i2D3. The van der Waals surface area contributed by atoms with Crippen molar-refractivity contribution in [1.29, 1.82) is 0 Å². The Labute approximate surface area is 47.1 Å². The Kier molecular flexibility index (Phi) is 0.982. The summed E-state index contributed by atoms with van der Waals surface area (Å²) in [5.41, 5.74) is 5.08. The van der Waals surface area contributed by atoms with Gasteiger partial charge in [-0.2, -0.15) is 0 Å². The normalized spacial score (nSPS) is 21.1. The Bertz CT molecular complexity index is 131. The average Bonchev–Trinajstić information content (AvgIpc) is 1.60. The summed E-state index contributed by atoms with van der Waals surface area (Å²) in [6, 6.07) is -0.777. The van der Waals surface area contributed by atoms with Crippen molar-refractivity contribution in [3.05, 3.63) is 0 Å². The monoisotopic (exact) mass is 105 g/mol. The highest BCUT2D eigenvalue weighted by molar-refractivity contribution is 5.80. The number of hydrogen-bond acceptors (Lipinski definition) is 2. The van der Waals surface area contributed by atoms with Crippen LogP contribution in [0.5, 0.6) is 0 Å². The summed E-state index contributed by atoms with van der Waals surface area (Å²) in [6.45, 7) is -1.01. The fourth-order valence-electron chi connectivity index (χ4n) is 0.114. The van der Waals surface area contributed by atoms with E-state index in [0.29, 0.717) is 0 Å². The van der Waals surface area contributed by atoms with E-state index in [2.05, 4.69) is 0 Å². The van der Waals surface area contributed by atoms with Crippen molar-refractivity contribution in [2.24, 2.45) is 5.73 Å². The molecule has 1 atom stereocenters. The number of nitrogens with one attached hydrogen (secondary N) is 1. The molecule has 0 fully saturated rings. The highest BCUT2D eigenvalue weighted by Gasteiger charge is 2.00. The van der Waals surface area contributed by atoms with E-state index in [9.17, 15) is 4.79 Å². The molecule has 1 amide bonds. The van der Waals surface area contributed by atoms with Gasteiger partial charge in [0, 0.05) is 11.1 Å². The first-order chi connectivity index (χ1) is 4.33. The zero-order valence-corrected chi connectivity index (χ0v) is 4.06. The Hall–Kier alpha value is -0.570. The van der Waals surface area contributed by atoms with Crippen LogP contribution in [0.15, 0.2) is 0 Å². The first-order valence-corrected chi connectivity index (χ1v) is 1.90. The molecule has 3 heteroatoms. The maximum Gasteiger partial charge on any atom is 0.236 e. The SMILES string of the molecule is [2H]C([2H])([2H])NC(=O)C(C)N. The van der Waals surface area contributed by atoms with Crippen LogP contribution < -0.4 is 11.1 Å². The number of amides is 1. The largest absolute Gasteiger partial charge is 0.358 e. The van der Waals surface area contributed by atoms with E-state index < -0.39 is 18.9 Å². The molecule has 3 N–H and O–H groups in total. The summed E-state index contributed by atoms with van der Waals surface area (Å²) in [5.74, 6) is -0.667. The zero-order chi connectivity index (χ0) is 8.36. The Morgan fingerprint density at radius 3 is 2.86 bits per heavy atom. The minimum atomic E-state index is -2.43. The number of carbonyl (C=O) groups is 1. The number of carbonyl (C=O) groups excluding carboxylic acids is 1. The second kappa shape index (κ2) is 2.58. The third-order valence-electron chi connectivity index (χ3n) is 0.537. The van der Waals surface area contributed by atoms with Gasteiger partial charge in [-0.25, -0.2) is 0 Å². The summed E-state index contributed by atoms with van der Waals surface area (Å²) in [6.07, 6.45) is 0. The third kappa shape index (κ3) is 2.17. The molecule has 0 aliphatic carbocycles. The van der Waals surface area contributed by atoms with Crippen LogP contribution >= 0.6 is 0 Å². The van der Waals surface area contributed by atoms with Gasteiger partial charge >= 0.3 is 0 Å². The molecule has 0 aromatic heterocycles. The van der Waals surface area contributed by atoms with Gasteiger partial charge < -0.3 is 11.1 Å². The lowest BCUT2D eigenvalue weighted by Gasteiger charge is -1.99. The van der Waals surface area contributed by atoms with E-state index >= 15 is 0 Å². The van der Waals surface area contributed by atoms with E-state index in [1.165, 1.54) is 6.92 Å². The zero-order valence-electron chi connectivity index (χ0n) is 7.06. The molecular weight excluding hydrogens is 92.1 g/mol. The van der Waals surface area contributed by atoms with E-state index in [-0.39, 0.29) is 0 Å². The first kappa shape index (κ1) is 2.67. The van der Waals surface area contributed by atoms with Crippen LogP contribution in [-0.2, 0) is 4.79 Å². The number of nitrogens with two attached hydrogens (primary N) is 1. The molecule has 0 spiro atoms. The predicted octanol–water partition coefficient (Wildman–Crippen LogP) is -0.920. The molecule has 0 saturated carbocycles. The van der Waals surface area contributed by atoms with Gasteiger partial charge in [0.2, 0.25) is 5.91 Å². The van der Waals surface area contributed by atoms with Crippen LogP contribution in [0.2, 0.25) is 0 Å². The van der Waals surface area contributed by atoms with Crippen molar-refractivity contribution in [2.75, 3.05) is 6.98 Å². The fraction of sp³-hybridized carbons (Fsp3) is 0.750. The highest BCUT2D eigenvalue weighted by Crippen LogP contribution is 1.69. The molecule has 42 valence electrons. The van der Waals surface area contributed by atoms with Crippen molar-refractivity contribution in [2.45, 2.75) is 13.0 Å². The molecule has 0 bridgehead atoms. The first-order valence-electron chi connectivity index (χ1n) is 3.40. The van der Waals surface area contributed by atoms with Crippen molar-refractivity contribution < 1.29 is 8.91 Å². The van der Waals surface area contributed by atoms with Crippen LogP contribution in [0.1, 0.15) is 11.0 Å². The minimum absolute atomic E-state index is 0.667. The molecule has 0 aliphatic rings. The molecule has 0 aromatic rings. The van der Waals surface area contributed by atoms with E-state index in [4.69, 9.17) is 9.85 Å². The molecule has 1 unspecified atom stereocenters. The summed E-state index contributed by atoms with van der Waals surface area (Å²) >= 11 is 0. The number of likely N-dealkylation sites (N-methyl/N-ethyl adjacent to an activating group) is 1. The van der Waals surface area contributed by atoms with Gasteiger partial charge in [0.1, 0.15) is 0 Å². The minimum Gasteiger partial charge on any atom is -0.358 e. The summed E-state index contributed by atoms with van der Waals surface area (Å²) in [5, 5.41) is 1.75.